The lowest BCUT2D eigenvalue weighted by Crippen LogP contribution is -2.28. The molecule has 0 radical (unpaired) electrons. The molecule has 0 spiro atoms. The number of rotatable bonds is 4. The molecule has 2 aromatic carbocycles. The van der Waals surface area contributed by atoms with E-state index in [2.05, 4.69) is 44.3 Å². The highest BCUT2D eigenvalue weighted by atomic mass is 16.4. The van der Waals surface area contributed by atoms with Crippen LogP contribution >= 0.6 is 0 Å². The van der Waals surface area contributed by atoms with Gasteiger partial charge in [-0.3, -0.25) is 10.00 Å². The molecule has 0 saturated carbocycles. The van der Waals surface area contributed by atoms with E-state index in [-0.39, 0.29) is 5.56 Å². The molecule has 6 nitrogen and oxygen atoms in total. The van der Waals surface area contributed by atoms with E-state index in [1.54, 1.807) is 18.2 Å². The fraction of sp³-hybridized carbons (Fsp3) is 0.273. The summed E-state index contributed by atoms with van der Waals surface area (Å²) in [5.41, 5.74) is 5.09. The molecule has 6 heteroatoms. The van der Waals surface area contributed by atoms with Crippen LogP contribution in [0, 0.1) is 0 Å². The van der Waals surface area contributed by atoms with Gasteiger partial charge in [0.25, 0.3) is 0 Å². The summed E-state index contributed by atoms with van der Waals surface area (Å²) in [6, 6.07) is 13.7. The van der Waals surface area contributed by atoms with Gasteiger partial charge in [0.1, 0.15) is 5.69 Å². The zero-order chi connectivity index (χ0) is 19.1. The number of nitrogens with one attached hydrogen (secondary N) is 2. The van der Waals surface area contributed by atoms with Crippen molar-refractivity contribution < 1.29 is 9.90 Å². The number of aromatic nitrogens is 3. The van der Waals surface area contributed by atoms with Crippen LogP contribution in [-0.4, -0.2) is 44.2 Å². The Hall–Kier alpha value is -3.12. The van der Waals surface area contributed by atoms with E-state index in [1.165, 1.54) is 37.9 Å². The van der Waals surface area contributed by atoms with Crippen LogP contribution in [0.1, 0.15) is 35.2 Å². The third-order valence-corrected chi connectivity index (χ3v) is 5.60. The molecule has 142 valence electrons. The van der Waals surface area contributed by atoms with E-state index in [1.807, 2.05) is 0 Å². The van der Waals surface area contributed by atoms with Crippen LogP contribution in [0.4, 0.5) is 0 Å². The lowest BCUT2D eigenvalue weighted by molar-refractivity contribution is 0.0697. The van der Waals surface area contributed by atoms with Crippen LogP contribution in [0.15, 0.2) is 42.5 Å². The van der Waals surface area contributed by atoms with Crippen molar-refractivity contribution in [2.24, 2.45) is 0 Å². The molecule has 4 aromatic rings. The van der Waals surface area contributed by atoms with Gasteiger partial charge >= 0.3 is 5.97 Å². The van der Waals surface area contributed by atoms with E-state index in [0.29, 0.717) is 0 Å². The standard InChI is InChI=1S/C22H22N4O2/c27-22(28)15-5-7-19-17(11-15)21(25-24-19)20-12-16-10-14(4-6-18(16)23-20)13-26-8-2-1-3-9-26/h4-7,10-12,23H,1-3,8-9,13H2,(H,24,25)(H,27,28). The number of aromatic amines is 2. The molecule has 3 heterocycles. The quantitative estimate of drug-likeness (QED) is 0.494. The molecular weight excluding hydrogens is 352 g/mol. The zero-order valence-corrected chi connectivity index (χ0v) is 15.5. The van der Waals surface area contributed by atoms with Crippen molar-refractivity contribution in [2.45, 2.75) is 25.8 Å². The summed E-state index contributed by atoms with van der Waals surface area (Å²) in [6.07, 6.45) is 3.93. The highest BCUT2D eigenvalue weighted by Gasteiger charge is 2.15. The first kappa shape index (κ1) is 17.0. The fourth-order valence-electron chi connectivity index (χ4n) is 4.14. The Balaban J connectivity index is 1.50. The van der Waals surface area contributed by atoms with Gasteiger partial charge in [-0.15, -0.1) is 0 Å². The van der Waals surface area contributed by atoms with Crippen LogP contribution in [0.2, 0.25) is 0 Å². The van der Waals surface area contributed by atoms with E-state index >= 15 is 0 Å². The number of carboxylic acids is 1. The Morgan fingerprint density at radius 3 is 2.68 bits per heavy atom. The number of H-pyrrole nitrogens is 2. The largest absolute Gasteiger partial charge is 0.478 e. The van der Waals surface area contributed by atoms with Crippen LogP contribution < -0.4 is 0 Å². The maximum absolute atomic E-state index is 11.3. The summed E-state index contributed by atoms with van der Waals surface area (Å²) in [6.45, 7) is 3.35. The average molecular weight is 374 g/mol. The second-order valence-corrected chi connectivity index (χ2v) is 7.58. The number of piperidine rings is 1. The van der Waals surface area contributed by atoms with Gasteiger partial charge in [-0.05, 0) is 67.9 Å². The molecule has 1 aliphatic heterocycles. The maximum atomic E-state index is 11.3. The molecule has 0 atom stereocenters. The normalized spacial score (nSPS) is 15.4. The van der Waals surface area contributed by atoms with Gasteiger partial charge in [0, 0.05) is 22.8 Å². The molecular formula is C22H22N4O2. The number of hydrogen-bond donors (Lipinski definition) is 3. The van der Waals surface area contributed by atoms with Gasteiger partial charge in [0.2, 0.25) is 0 Å². The van der Waals surface area contributed by atoms with Crippen LogP contribution in [0.25, 0.3) is 33.2 Å². The minimum atomic E-state index is -0.937. The highest BCUT2D eigenvalue weighted by molar-refractivity contribution is 6.00. The number of benzene rings is 2. The van der Waals surface area contributed by atoms with E-state index in [4.69, 9.17) is 0 Å². The molecule has 2 aromatic heterocycles. The molecule has 1 fully saturated rings. The molecule has 1 aliphatic rings. The second kappa shape index (κ2) is 6.80. The number of carbonyl (C=O) groups is 1. The Morgan fingerprint density at radius 1 is 1.04 bits per heavy atom. The summed E-state index contributed by atoms with van der Waals surface area (Å²) in [4.78, 5) is 17.3. The first-order chi connectivity index (χ1) is 13.7. The van der Waals surface area contributed by atoms with Gasteiger partial charge in [-0.25, -0.2) is 4.79 Å². The van der Waals surface area contributed by atoms with Gasteiger partial charge in [-0.2, -0.15) is 5.10 Å². The Morgan fingerprint density at radius 2 is 1.86 bits per heavy atom. The van der Waals surface area contributed by atoms with Crippen molar-refractivity contribution in [2.75, 3.05) is 13.1 Å². The van der Waals surface area contributed by atoms with Crippen molar-refractivity contribution in [3.8, 4) is 11.4 Å². The first-order valence-electron chi connectivity index (χ1n) is 9.73. The third-order valence-electron chi connectivity index (χ3n) is 5.60. The summed E-state index contributed by atoms with van der Waals surface area (Å²) in [7, 11) is 0. The molecule has 1 saturated heterocycles. The molecule has 0 amide bonds. The van der Waals surface area contributed by atoms with Gasteiger partial charge in [-0.1, -0.05) is 12.5 Å². The smallest absolute Gasteiger partial charge is 0.335 e. The Labute approximate surface area is 162 Å². The van der Waals surface area contributed by atoms with Gasteiger partial charge in [0.05, 0.1) is 16.8 Å². The third kappa shape index (κ3) is 3.05. The molecule has 0 unspecified atom stereocenters. The predicted octanol–water partition coefficient (Wildman–Crippen LogP) is 4.40. The van der Waals surface area contributed by atoms with E-state index in [0.717, 1.165) is 39.7 Å². The van der Waals surface area contributed by atoms with Crippen LogP contribution in [-0.2, 0) is 6.54 Å². The van der Waals surface area contributed by atoms with E-state index in [9.17, 15) is 9.90 Å². The molecule has 0 bridgehead atoms. The topological polar surface area (TPSA) is 85.0 Å². The maximum Gasteiger partial charge on any atom is 0.335 e. The Bertz CT molecular complexity index is 1170. The molecule has 5 rings (SSSR count). The summed E-state index contributed by atoms with van der Waals surface area (Å²) < 4.78 is 0. The average Bonchev–Trinajstić information content (AvgIpc) is 3.31. The number of likely N-dealkylation sites (tertiary alicyclic amines) is 1. The monoisotopic (exact) mass is 374 g/mol. The zero-order valence-electron chi connectivity index (χ0n) is 15.5. The highest BCUT2D eigenvalue weighted by Crippen LogP contribution is 2.30. The van der Waals surface area contributed by atoms with Crippen LogP contribution in [0.5, 0.6) is 0 Å². The van der Waals surface area contributed by atoms with E-state index < -0.39 is 5.97 Å². The Kier molecular flexibility index (Phi) is 4.13. The number of aromatic carboxylic acids is 1. The summed E-state index contributed by atoms with van der Waals surface area (Å²) in [5, 5.41) is 18.6. The minimum absolute atomic E-state index is 0.259. The predicted molar refractivity (Wildman–Crippen MR) is 109 cm³/mol. The van der Waals surface area contributed by atoms with Crippen molar-refractivity contribution >= 4 is 27.8 Å². The SMILES string of the molecule is O=C(O)c1ccc2[nH]nc(-c3cc4cc(CN5CCCCC5)ccc4[nH]3)c2c1. The molecule has 28 heavy (non-hydrogen) atoms. The number of nitrogens with zero attached hydrogens (tertiary/aromatic N) is 2. The molecule has 3 N–H and O–H groups in total. The van der Waals surface area contributed by atoms with Gasteiger partial charge < -0.3 is 10.1 Å². The van der Waals surface area contributed by atoms with Crippen molar-refractivity contribution in [1.29, 1.82) is 0 Å². The lowest BCUT2D eigenvalue weighted by Gasteiger charge is -2.26. The fourth-order valence-corrected chi connectivity index (χ4v) is 4.14. The molecule has 0 aliphatic carbocycles. The van der Waals surface area contributed by atoms with Crippen molar-refractivity contribution in [3.63, 3.8) is 0 Å². The van der Waals surface area contributed by atoms with Gasteiger partial charge in [0.15, 0.2) is 0 Å². The first-order valence-corrected chi connectivity index (χ1v) is 9.73. The van der Waals surface area contributed by atoms with Crippen molar-refractivity contribution in [3.05, 3.63) is 53.6 Å². The lowest BCUT2D eigenvalue weighted by atomic mass is 10.1. The summed E-state index contributed by atoms with van der Waals surface area (Å²) in [5.74, 6) is -0.937. The summed E-state index contributed by atoms with van der Waals surface area (Å²) >= 11 is 0. The van der Waals surface area contributed by atoms with Crippen molar-refractivity contribution in [1.82, 2.24) is 20.1 Å². The number of hydrogen-bond acceptors (Lipinski definition) is 3. The number of fused-ring (bicyclic) bond motifs is 2. The number of carboxylic acid groups (broad SMARTS) is 1. The second-order valence-electron chi connectivity index (χ2n) is 7.58. The van der Waals surface area contributed by atoms with Crippen LogP contribution in [0.3, 0.4) is 0 Å². The minimum Gasteiger partial charge on any atom is -0.478 e.